The number of benzene rings is 1. The molecule has 2 atom stereocenters. The molecule has 2 aliphatic heterocycles. The van der Waals surface area contributed by atoms with Gasteiger partial charge in [-0.2, -0.15) is 0 Å². The minimum absolute atomic E-state index is 0.00934. The Labute approximate surface area is 245 Å². The van der Waals surface area contributed by atoms with Gasteiger partial charge in [-0.25, -0.2) is 9.97 Å². The summed E-state index contributed by atoms with van der Waals surface area (Å²) < 4.78 is 0. The molecule has 0 bridgehead atoms. The lowest BCUT2D eigenvalue weighted by molar-refractivity contribution is 0.0481. The van der Waals surface area contributed by atoms with Gasteiger partial charge in [-0.05, 0) is 49.9 Å². The third-order valence-electron chi connectivity index (χ3n) is 7.81. The van der Waals surface area contributed by atoms with Gasteiger partial charge in [-0.3, -0.25) is 14.5 Å². The van der Waals surface area contributed by atoms with Crippen LogP contribution in [0.5, 0.6) is 0 Å². The molecule has 12 heteroatoms. The summed E-state index contributed by atoms with van der Waals surface area (Å²) in [6.45, 7) is 7.80. The van der Waals surface area contributed by atoms with E-state index in [2.05, 4.69) is 32.0 Å². The van der Waals surface area contributed by atoms with E-state index in [1.807, 2.05) is 11.8 Å². The summed E-state index contributed by atoms with van der Waals surface area (Å²) in [5.74, 6) is 0.0264. The Bertz CT molecular complexity index is 1180. The molecule has 40 heavy (non-hydrogen) atoms. The maximum atomic E-state index is 13.0. The topological polar surface area (TPSA) is 128 Å². The van der Waals surface area contributed by atoms with E-state index in [0.717, 1.165) is 51.9 Å². The molecule has 1 aromatic carbocycles. The molecule has 0 aliphatic carbocycles. The first-order valence-electron chi connectivity index (χ1n) is 14.1. The van der Waals surface area contributed by atoms with Gasteiger partial charge in [0.1, 0.15) is 0 Å². The number of likely N-dealkylation sites (tertiary alicyclic amines) is 1. The van der Waals surface area contributed by atoms with Crippen LogP contribution < -0.4 is 16.0 Å². The van der Waals surface area contributed by atoms with E-state index >= 15 is 0 Å². The average Bonchev–Trinajstić information content (AvgIpc) is 2.97. The molecule has 0 saturated carbocycles. The molecule has 1 unspecified atom stereocenters. The number of nitrogens with one attached hydrogen (secondary N) is 1. The number of amides is 2. The van der Waals surface area contributed by atoms with Crippen LogP contribution in [0.4, 0.5) is 11.6 Å². The van der Waals surface area contributed by atoms with Gasteiger partial charge in [0, 0.05) is 61.9 Å². The monoisotopic (exact) mass is 591 g/mol. The summed E-state index contributed by atoms with van der Waals surface area (Å²) in [5.41, 5.74) is 6.75. The average molecular weight is 593 g/mol. The van der Waals surface area contributed by atoms with Crippen LogP contribution in [0.2, 0.25) is 10.2 Å². The zero-order chi connectivity index (χ0) is 28.8. The molecule has 1 aromatic heterocycles. The number of aromatic nitrogens is 2. The number of nitrogen functional groups attached to an aromatic ring is 1. The Hall–Kier alpha value is -2.66. The predicted octanol–water partition coefficient (Wildman–Crippen LogP) is 3.46. The molecule has 218 valence electrons. The van der Waals surface area contributed by atoms with Crippen molar-refractivity contribution in [2.24, 2.45) is 0 Å². The lowest BCUT2D eigenvalue weighted by Crippen LogP contribution is -2.59. The minimum atomic E-state index is -0.643. The number of aliphatic hydroxyl groups excluding tert-OH is 1. The second-order valence-corrected chi connectivity index (χ2v) is 11.3. The molecule has 2 aromatic rings. The lowest BCUT2D eigenvalue weighted by atomic mass is 9.97. The quantitative estimate of drug-likeness (QED) is 0.404. The highest BCUT2D eigenvalue weighted by molar-refractivity contribution is 6.32. The molecule has 10 nitrogen and oxygen atoms in total. The first-order valence-corrected chi connectivity index (χ1v) is 14.8. The van der Waals surface area contributed by atoms with Gasteiger partial charge in [-0.15, -0.1) is 0 Å². The van der Waals surface area contributed by atoms with Crippen molar-refractivity contribution >= 4 is 46.7 Å². The number of halogens is 2. The number of piperazine rings is 1. The molecule has 4 N–H and O–H groups in total. The number of rotatable bonds is 9. The van der Waals surface area contributed by atoms with Crippen molar-refractivity contribution in [2.45, 2.75) is 64.1 Å². The molecule has 2 amide bonds. The first kappa shape index (κ1) is 30.3. The molecule has 2 saturated heterocycles. The fourth-order valence-corrected chi connectivity index (χ4v) is 5.91. The number of piperidine rings is 1. The standard InChI is InChI=1S/C28H39Cl2N7O3/c1-3-5-21-17-36(26-24(30)33-23(25(31)34-26)27(39)32-16-22(38)4-2)14-15-37(21)20-10-12-35(13-11-20)28(40)18-6-8-19(29)9-7-18/h6-9,20-22,38H,3-5,10-17H2,1-2H3,(H2,31,34)(H,32,39)/t21-,22?/m0/s1. The highest BCUT2D eigenvalue weighted by atomic mass is 35.5. The molecule has 0 radical (unpaired) electrons. The number of aliphatic hydroxyl groups is 1. The van der Waals surface area contributed by atoms with Crippen LogP contribution in [0.1, 0.15) is 66.8 Å². The van der Waals surface area contributed by atoms with Gasteiger partial charge in [0.2, 0.25) is 0 Å². The van der Waals surface area contributed by atoms with E-state index in [9.17, 15) is 14.7 Å². The summed E-state index contributed by atoms with van der Waals surface area (Å²) in [6.07, 6.45) is 3.77. The van der Waals surface area contributed by atoms with Crippen LogP contribution in [-0.2, 0) is 0 Å². The van der Waals surface area contributed by atoms with E-state index in [0.29, 0.717) is 41.5 Å². The largest absolute Gasteiger partial charge is 0.391 e. The first-order chi connectivity index (χ1) is 19.2. The van der Waals surface area contributed by atoms with Crippen LogP contribution >= 0.6 is 23.2 Å². The van der Waals surface area contributed by atoms with Crippen molar-refractivity contribution in [3.05, 3.63) is 45.7 Å². The Morgan fingerprint density at radius 1 is 1.10 bits per heavy atom. The van der Waals surface area contributed by atoms with E-state index < -0.39 is 12.0 Å². The smallest absolute Gasteiger partial charge is 0.273 e. The highest BCUT2D eigenvalue weighted by Crippen LogP contribution is 2.30. The number of hydrogen-bond acceptors (Lipinski definition) is 8. The van der Waals surface area contributed by atoms with Crippen LogP contribution in [-0.4, -0.2) is 94.1 Å². The molecule has 4 rings (SSSR count). The van der Waals surface area contributed by atoms with Gasteiger partial charge >= 0.3 is 0 Å². The van der Waals surface area contributed by atoms with Gasteiger partial charge in [0.05, 0.1) is 6.10 Å². The molecule has 2 fully saturated rings. The van der Waals surface area contributed by atoms with E-state index in [1.165, 1.54) is 0 Å². The summed E-state index contributed by atoms with van der Waals surface area (Å²) in [4.78, 5) is 40.8. The van der Waals surface area contributed by atoms with Gasteiger partial charge < -0.3 is 26.0 Å². The number of hydrogen-bond donors (Lipinski definition) is 3. The van der Waals surface area contributed by atoms with Crippen molar-refractivity contribution in [1.29, 1.82) is 0 Å². The number of carbonyl (C=O) groups excluding carboxylic acids is 2. The fraction of sp³-hybridized carbons (Fsp3) is 0.571. The second-order valence-electron chi connectivity index (χ2n) is 10.5. The van der Waals surface area contributed by atoms with Crippen LogP contribution in [0.3, 0.4) is 0 Å². The van der Waals surface area contributed by atoms with Crippen molar-refractivity contribution in [1.82, 2.24) is 25.1 Å². The summed E-state index contributed by atoms with van der Waals surface area (Å²) in [5, 5.41) is 13.1. The molecule has 0 spiro atoms. The maximum Gasteiger partial charge on any atom is 0.273 e. The van der Waals surface area contributed by atoms with E-state index in [4.69, 9.17) is 28.9 Å². The van der Waals surface area contributed by atoms with E-state index in [-0.39, 0.29) is 29.1 Å². The fourth-order valence-electron chi connectivity index (χ4n) is 5.53. The number of nitrogens with zero attached hydrogens (tertiary/aromatic N) is 5. The van der Waals surface area contributed by atoms with Crippen molar-refractivity contribution in [2.75, 3.05) is 49.9 Å². The predicted molar refractivity (Wildman–Crippen MR) is 158 cm³/mol. The zero-order valence-electron chi connectivity index (χ0n) is 23.2. The minimum Gasteiger partial charge on any atom is -0.391 e. The molecule has 3 heterocycles. The normalized spacial score (nSPS) is 19.5. The van der Waals surface area contributed by atoms with Crippen LogP contribution in [0, 0.1) is 0 Å². The third-order valence-corrected chi connectivity index (χ3v) is 8.32. The Balaban J connectivity index is 1.39. The van der Waals surface area contributed by atoms with Gasteiger partial charge in [0.15, 0.2) is 22.5 Å². The highest BCUT2D eigenvalue weighted by Gasteiger charge is 2.35. The van der Waals surface area contributed by atoms with Crippen LogP contribution in [0.15, 0.2) is 24.3 Å². The van der Waals surface area contributed by atoms with Crippen molar-refractivity contribution < 1.29 is 14.7 Å². The van der Waals surface area contributed by atoms with Gasteiger partial charge in [0.25, 0.3) is 11.8 Å². The van der Waals surface area contributed by atoms with Gasteiger partial charge in [-0.1, -0.05) is 43.5 Å². The lowest BCUT2D eigenvalue weighted by Gasteiger charge is -2.48. The Morgan fingerprint density at radius 3 is 2.45 bits per heavy atom. The molecular formula is C28H39Cl2N7O3. The Morgan fingerprint density at radius 2 is 1.80 bits per heavy atom. The number of anilines is 2. The SMILES string of the molecule is CCC[C@H]1CN(c2nc(N)c(C(=O)NCC(O)CC)nc2Cl)CCN1C1CCN(C(=O)c2ccc(Cl)cc2)CC1. The third kappa shape index (κ3) is 7.15. The number of carbonyl (C=O) groups is 2. The molecular weight excluding hydrogens is 553 g/mol. The molecule has 2 aliphatic rings. The maximum absolute atomic E-state index is 13.0. The van der Waals surface area contributed by atoms with Crippen molar-refractivity contribution in [3.8, 4) is 0 Å². The van der Waals surface area contributed by atoms with Crippen LogP contribution in [0.25, 0.3) is 0 Å². The summed E-state index contributed by atoms with van der Waals surface area (Å²) in [7, 11) is 0. The Kier molecular flexibility index (Phi) is 10.5. The summed E-state index contributed by atoms with van der Waals surface area (Å²) >= 11 is 12.5. The van der Waals surface area contributed by atoms with E-state index in [1.54, 1.807) is 24.3 Å². The summed E-state index contributed by atoms with van der Waals surface area (Å²) in [6, 6.07) is 7.75. The van der Waals surface area contributed by atoms with Crippen molar-refractivity contribution in [3.63, 3.8) is 0 Å². The second kappa shape index (κ2) is 13.8. The number of nitrogens with two attached hydrogens (primary N) is 1. The zero-order valence-corrected chi connectivity index (χ0v) is 24.7.